The summed E-state index contributed by atoms with van der Waals surface area (Å²) < 4.78 is 5.62. The molecular weight excluding hydrogens is 332 g/mol. The second-order valence-corrected chi connectivity index (χ2v) is 7.48. The predicted octanol–water partition coefficient (Wildman–Crippen LogP) is 5.71. The molecule has 134 valence electrons. The van der Waals surface area contributed by atoms with Gasteiger partial charge >= 0.3 is 0 Å². The molecule has 0 spiro atoms. The van der Waals surface area contributed by atoms with Crippen LogP contribution in [0.4, 0.5) is 0 Å². The highest BCUT2D eigenvalue weighted by Crippen LogP contribution is 2.55. The summed E-state index contributed by atoms with van der Waals surface area (Å²) in [5, 5.41) is 9.77. The maximum atomic E-state index is 9.77. The third-order valence-corrected chi connectivity index (χ3v) is 6.00. The molecule has 0 fully saturated rings. The molecule has 0 aliphatic heterocycles. The minimum Gasteiger partial charge on any atom is -0.508 e. The minimum atomic E-state index is 0.196. The molecule has 1 unspecified atom stereocenters. The molecule has 2 aliphatic rings. The van der Waals surface area contributed by atoms with Crippen molar-refractivity contribution in [3.8, 4) is 11.5 Å². The van der Waals surface area contributed by atoms with Crippen LogP contribution in [0.2, 0.25) is 0 Å². The normalized spacial score (nSPS) is 17.3. The SMILES string of the molecule is COc1cc2c(cc1C)C(c1ccc(O)cc1)C1=C2CCc2ccccc21. The summed E-state index contributed by atoms with van der Waals surface area (Å²) in [4.78, 5) is 0. The Kier molecular flexibility index (Phi) is 3.61. The zero-order chi connectivity index (χ0) is 18.5. The van der Waals surface area contributed by atoms with Crippen molar-refractivity contribution in [1.82, 2.24) is 0 Å². The Morgan fingerprint density at radius 3 is 2.48 bits per heavy atom. The van der Waals surface area contributed by atoms with Crippen LogP contribution in [0.5, 0.6) is 11.5 Å². The molecule has 0 aromatic heterocycles. The van der Waals surface area contributed by atoms with E-state index in [0.29, 0.717) is 5.75 Å². The van der Waals surface area contributed by atoms with Crippen LogP contribution in [0.1, 0.15) is 45.7 Å². The quantitative estimate of drug-likeness (QED) is 0.638. The number of aryl methyl sites for hydroxylation is 2. The van der Waals surface area contributed by atoms with Crippen LogP contribution in [0.3, 0.4) is 0 Å². The molecule has 0 radical (unpaired) electrons. The highest BCUT2D eigenvalue weighted by Gasteiger charge is 2.36. The van der Waals surface area contributed by atoms with Crippen molar-refractivity contribution in [3.63, 3.8) is 0 Å². The summed E-state index contributed by atoms with van der Waals surface area (Å²) in [6.07, 6.45) is 2.13. The number of phenolic OH excluding ortho intramolecular Hbond substituents is 1. The summed E-state index contributed by atoms with van der Waals surface area (Å²) in [7, 11) is 1.74. The van der Waals surface area contributed by atoms with E-state index in [1.165, 1.54) is 39.0 Å². The van der Waals surface area contributed by atoms with E-state index in [9.17, 15) is 5.11 Å². The Morgan fingerprint density at radius 1 is 0.926 bits per heavy atom. The minimum absolute atomic E-state index is 0.196. The number of hydrogen-bond acceptors (Lipinski definition) is 2. The maximum absolute atomic E-state index is 9.77. The van der Waals surface area contributed by atoms with E-state index in [1.54, 1.807) is 19.2 Å². The third-order valence-electron chi connectivity index (χ3n) is 6.00. The van der Waals surface area contributed by atoms with E-state index in [4.69, 9.17) is 4.74 Å². The summed E-state index contributed by atoms with van der Waals surface area (Å²) in [6.45, 7) is 2.11. The van der Waals surface area contributed by atoms with Gasteiger partial charge in [-0.05, 0) is 82.5 Å². The summed E-state index contributed by atoms with van der Waals surface area (Å²) >= 11 is 0. The van der Waals surface area contributed by atoms with Crippen molar-refractivity contribution < 1.29 is 9.84 Å². The molecule has 5 rings (SSSR count). The van der Waals surface area contributed by atoms with E-state index in [-0.39, 0.29) is 5.92 Å². The number of phenols is 1. The zero-order valence-corrected chi connectivity index (χ0v) is 15.6. The van der Waals surface area contributed by atoms with Gasteiger partial charge in [0, 0.05) is 5.92 Å². The van der Waals surface area contributed by atoms with Gasteiger partial charge in [-0.1, -0.05) is 42.5 Å². The van der Waals surface area contributed by atoms with Gasteiger partial charge in [-0.2, -0.15) is 0 Å². The second-order valence-electron chi connectivity index (χ2n) is 7.48. The van der Waals surface area contributed by atoms with Gasteiger partial charge in [-0.3, -0.25) is 0 Å². The van der Waals surface area contributed by atoms with E-state index < -0.39 is 0 Å². The number of ether oxygens (including phenoxy) is 1. The van der Waals surface area contributed by atoms with Gasteiger partial charge in [0.05, 0.1) is 7.11 Å². The lowest BCUT2D eigenvalue weighted by atomic mass is 9.80. The Hall–Kier alpha value is -3.00. The van der Waals surface area contributed by atoms with Crippen molar-refractivity contribution in [2.24, 2.45) is 0 Å². The first-order valence-corrected chi connectivity index (χ1v) is 9.46. The average Bonchev–Trinajstić information content (AvgIpc) is 3.01. The zero-order valence-electron chi connectivity index (χ0n) is 15.6. The van der Waals surface area contributed by atoms with Gasteiger partial charge in [0.1, 0.15) is 11.5 Å². The van der Waals surface area contributed by atoms with Crippen LogP contribution in [0.15, 0.2) is 60.7 Å². The lowest BCUT2D eigenvalue weighted by Crippen LogP contribution is -2.06. The maximum Gasteiger partial charge on any atom is 0.122 e. The first-order valence-electron chi connectivity index (χ1n) is 9.46. The molecule has 2 aliphatic carbocycles. The van der Waals surface area contributed by atoms with Crippen molar-refractivity contribution >= 4 is 11.1 Å². The van der Waals surface area contributed by atoms with Gasteiger partial charge in [-0.25, -0.2) is 0 Å². The fourth-order valence-corrected chi connectivity index (χ4v) is 4.77. The van der Waals surface area contributed by atoms with E-state index in [1.807, 2.05) is 0 Å². The number of hydrogen-bond donors (Lipinski definition) is 1. The number of rotatable bonds is 2. The molecule has 1 atom stereocenters. The van der Waals surface area contributed by atoms with E-state index >= 15 is 0 Å². The molecule has 27 heavy (non-hydrogen) atoms. The Labute approximate surface area is 159 Å². The summed E-state index contributed by atoms with van der Waals surface area (Å²) in [6, 6.07) is 21.0. The van der Waals surface area contributed by atoms with Crippen molar-refractivity contribution in [1.29, 1.82) is 0 Å². The highest BCUT2D eigenvalue weighted by molar-refractivity contribution is 6.03. The lowest BCUT2D eigenvalue weighted by Gasteiger charge is -2.24. The predicted molar refractivity (Wildman–Crippen MR) is 109 cm³/mol. The first kappa shape index (κ1) is 16.2. The number of aromatic hydroxyl groups is 1. The molecule has 0 saturated heterocycles. The topological polar surface area (TPSA) is 29.5 Å². The van der Waals surface area contributed by atoms with Crippen LogP contribution >= 0.6 is 0 Å². The molecule has 3 aromatic carbocycles. The number of methoxy groups -OCH3 is 1. The molecule has 0 amide bonds. The van der Waals surface area contributed by atoms with Crippen molar-refractivity contribution in [3.05, 3.63) is 94.0 Å². The summed E-state index contributed by atoms with van der Waals surface area (Å²) in [5.41, 5.74) is 10.7. The fraction of sp³-hybridized carbons (Fsp3) is 0.200. The van der Waals surface area contributed by atoms with E-state index in [2.05, 4.69) is 55.5 Å². The van der Waals surface area contributed by atoms with Gasteiger partial charge in [0.2, 0.25) is 0 Å². The standard InChI is InChI=1S/C25H22O2/c1-15-13-22-21(14-23(15)27-2)20-12-9-16-5-3-4-6-19(16)25(20)24(22)17-7-10-18(26)11-8-17/h3-8,10-11,13-14,24,26H,9,12H2,1-2H3. The molecule has 3 aromatic rings. The monoisotopic (exact) mass is 354 g/mol. The number of fused-ring (bicyclic) bond motifs is 4. The molecule has 2 heteroatoms. The molecule has 0 saturated carbocycles. The number of benzene rings is 3. The lowest BCUT2D eigenvalue weighted by molar-refractivity contribution is 0.411. The third kappa shape index (κ3) is 2.40. The molecular formula is C25H22O2. The Bertz CT molecular complexity index is 1070. The highest BCUT2D eigenvalue weighted by atomic mass is 16.5. The van der Waals surface area contributed by atoms with Crippen molar-refractivity contribution in [2.75, 3.05) is 7.11 Å². The van der Waals surface area contributed by atoms with E-state index in [0.717, 1.165) is 24.2 Å². The van der Waals surface area contributed by atoms with Gasteiger partial charge < -0.3 is 9.84 Å². The van der Waals surface area contributed by atoms with Crippen LogP contribution in [0, 0.1) is 6.92 Å². The van der Waals surface area contributed by atoms with Crippen LogP contribution in [0.25, 0.3) is 11.1 Å². The van der Waals surface area contributed by atoms with Gasteiger partial charge in [-0.15, -0.1) is 0 Å². The largest absolute Gasteiger partial charge is 0.508 e. The van der Waals surface area contributed by atoms with Crippen LogP contribution < -0.4 is 4.74 Å². The molecule has 0 bridgehead atoms. The first-order chi connectivity index (χ1) is 13.2. The molecule has 0 heterocycles. The Balaban J connectivity index is 1.80. The summed E-state index contributed by atoms with van der Waals surface area (Å²) in [5.74, 6) is 1.45. The van der Waals surface area contributed by atoms with Crippen LogP contribution in [-0.2, 0) is 6.42 Å². The average molecular weight is 354 g/mol. The van der Waals surface area contributed by atoms with Gasteiger partial charge in [0.15, 0.2) is 0 Å². The van der Waals surface area contributed by atoms with Crippen molar-refractivity contribution in [2.45, 2.75) is 25.7 Å². The molecule has 1 N–H and O–H groups in total. The fourth-order valence-electron chi connectivity index (χ4n) is 4.77. The molecule has 2 nitrogen and oxygen atoms in total. The number of allylic oxidation sites excluding steroid dienone is 2. The second kappa shape index (κ2) is 6.02. The smallest absolute Gasteiger partial charge is 0.122 e. The van der Waals surface area contributed by atoms with Gasteiger partial charge in [0.25, 0.3) is 0 Å². The van der Waals surface area contributed by atoms with Crippen LogP contribution in [-0.4, -0.2) is 12.2 Å². The Morgan fingerprint density at radius 2 is 1.70 bits per heavy atom.